The molecule has 0 saturated carbocycles. The van der Waals surface area contributed by atoms with E-state index < -0.39 is 5.97 Å². The molecule has 150 valence electrons. The molecule has 30 heavy (non-hydrogen) atoms. The van der Waals surface area contributed by atoms with Crippen molar-refractivity contribution in [3.05, 3.63) is 76.9 Å². The lowest BCUT2D eigenvalue weighted by Gasteiger charge is -2.14. The molecule has 0 bridgehead atoms. The number of carboxylic acids is 1. The van der Waals surface area contributed by atoms with E-state index in [1.54, 1.807) is 61.7 Å². The molecule has 2 heterocycles. The van der Waals surface area contributed by atoms with Gasteiger partial charge in [0.05, 0.1) is 23.3 Å². The lowest BCUT2D eigenvalue weighted by molar-refractivity contribution is -0.113. The van der Waals surface area contributed by atoms with E-state index in [0.29, 0.717) is 32.2 Å². The highest BCUT2D eigenvalue weighted by Crippen LogP contribution is 2.37. The van der Waals surface area contributed by atoms with Crippen LogP contribution in [0.5, 0.6) is 5.75 Å². The number of benzene rings is 2. The second kappa shape index (κ2) is 8.17. The van der Waals surface area contributed by atoms with E-state index in [1.807, 2.05) is 0 Å². The van der Waals surface area contributed by atoms with Crippen LogP contribution < -0.4 is 9.64 Å². The molecule has 1 aliphatic heterocycles. The zero-order valence-electron chi connectivity index (χ0n) is 15.7. The van der Waals surface area contributed by atoms with Crippen LogP contribution in [0, 0.1) is 0 Å². The Balaban J connectivity index is 1.56. The summed E-state index contributed by atoms with van der Waals surface area (Å²) in [6.07, 6.45) is 1.65. The number of furan rings is 1. The van der Waals surface area contributed by atoms with Gasteiger partial charge in [-0.3, -0.25) is 9.69 Å². The normalized spacial score (nSPS) is 15.1. The number of hydrogen-bond acceptors (Lipinski definition) is 6. The van der Waals surface area contributed by atoms with Gasteiger partial charge in [-0.1, -0.05) is 36.1 Å². The molecule has 0 unspecified atom stereocenters. The number of aromatic carboxylic acids is 1. The summed E-state index contributed by atoms with van der Waals surface area (Å²) in [7, 11) is 1.58. The number of rotatable bonds is 5. The summed E-state index contributed by atoms with van der Waals surface area (Å²) in [5, 5.41) is 9.00. The number of carboxylic acid groups (broad SMARTS) is 1. The Morgan fingerprint density at radius 3 is 2.43 bits per heavy atom. The highest BCUT2D eigenvalue weighted by atomic mass is 32.2. The van der Waals surface area contributed by atoms with E-state index in [1.165, 1.54) is 28.8 Å². The molecule has 6 nitrogen and oxygen atoms in total. The quantitative estimate of drug-likeness (QED) is 0.441. The predicted molar refractivity (Wildman–Crippen MR) is 120 cm³/mol. The molecule has 0 spiro atoms. The first-order valence-electron chi connectivity index (χ1n) is 8.82. The van der Waals surface area contributed by atoms with E-state index in [9.17, 15) is 9.59 Å². The van der Waals surface area contributed by atoms with E-state index in [0.717, 1.165) is 5.56 Å². The minimum Gasteiger partial charge on any atom is -0.497 e. The first-order valence-corrected chi connectivity index (χ1v) is 10.0. The van der Waals surface area contributed by atoms with Crippen LogP contribution in [0.15, 0.2) is 70.0 Å². The summed E-state index contributed by atoms with van der Waals surface area (Å²) in [6, 6.07) is 17.0. The maximum absolute atomic E-state index is 12.9. The molecule has 0 aliphatic carbocycles. The molecule has 1 aliphatic rings. The topological polar surface area (TPSA) is 80.0 Å². The van der Waals surface area contributed by atoms with Crippen LogP contribution in [0.3, 0.4) is 0 Å². The molecule has 1 fully saturated rings. The molecule has 2 aromatic carbocycles. The number of methoxy groups -OCH3 is 1. The lowest BCUT2D eigenvalue weighted by Crippen LogP contribution is -2.27. The van der Waals surface area contributed by atoms with E-state index in [4.69, 9.17) is 26.5 Å². The predicted octanol–water partition coefficient (Wildman–Crippen LogP) is 5.06. The highest BCUT2D eigenvalue weighted by Gasteiger charge is 2.33. The Morgan fingerprint density at radius 2 is 1.80 bits per heavy atom. The van der Waals surface area contributed by atoms with Gasteiger partial charge in [-0.2, -0.15) is 0 Å². The second-order valence-electron chi connectivity index (χ2n) is 6.30. The van der Waals surface area contributed by atoms with Crippen LogP contribution in [0.25, 0.3) is 17.4 Å². The van der Waals surface area contributed by atoms with Gasteiger partial charge in [-0.05, 0) is 48.5 Å². The number of thiocarbonyl (C=S) groups is 1. The van der Waals surface area contributed by atoms with Crippen molar-refractivity contribution in [3.8, 4) is 17.1 Å². The third kappa shape index (κ3) is 3.87. The molecule has 8 heteroatoms. The number of hydrogen-bond donors (Lipinski definition) is 1. The summed E-state index contributed by atoms with van der Waals surface area (Å²) in [5.41, 5.74) is 1.61. The van der Waals surface area contributed by atoms with Crippen molar-refractivity contribution in [1.29, 1.82) is 0 Å². The van der Waals surface area contributed by atoms with Crippen molar-refractivity contribution in [2.75, 3.05) is 12.0 Å². The van der Waals surface area contributed by atoms with Crippen LogP contribution in [0.1, 0.15) is 16.1 Å². The van der Waals surface area contributed by atoms with Gasteiger partial charge in [-0.25, -0.2) is 4.79 Å². The molecule has 3 aromatic rings. The zero-order valence-corrected chi connectivity index (χ0v) is 17.3. The molecule has 1 aromatic heterocycles. The number of anilines is 1. The number of nitrogens with zero attached hydrogens (tertiary/aromatic N) is 1. The number of carbonyl (C=O) groups is 2. The van der Waals surface area contributed by atoms with Crippen molar-refractivity contribution in [2.24, 2.45) is 0 Å². The van der Waals surface area contributed by atoms with E-state index in [2.05, 4.69) is 0 Å². The van der Waals surface area contributed by atoms with Crippen LogP contribution >= 0.6 is 24.0 Å². The first-order chi connectivity index (χ1) is 14.5. The van der Waals surface area contributed by atoms with Crippen LogP contribution in [-0.4, -0.2) is 28.4 Å². The van der Waals surface area contributed by atoms with Gasteiger partial charge in [0.1, 0.15) is 17.3 Å². The van der Waals surface area contributed by atoms with Crippen LogP contribution in [0.4, 0.5) is 5.69 Å². The molecule has 1 N–H and O–H groups in total. The van der Waals surface area contributed by atoms with Gasteiger partial charge in [0.2, 0.25) is 0 Å². The Kier molecular flexibility index (Phi) is 5.43. The summed E-state index contributed by atoms with van der Waals surface area (Å²) < 4.78 is 11.4. The summed E-state index contributed by atoms with van der Waals surface area (Å²) in [6.45, 7) is 0. The Bertz CT molecular complexity index is 1160. The molecule has 1 saturated heterocycles. The van der Waals surface area contributed by atoms with Crippen LogP contribution in [0.2, 0.25) is 0 Å². The molecule has 4 rings (SSSR count). The summed E-state index contributed by atoms with van der Waals surface area (Å²) in [4.78, 5) is 25.8. The van der Waals surface area contributed by atoms with Crippen molar-refractivity contribution in [3.63, 3.8) is 0 Å². The number of amides is 1. The van der Waals surface area contributed by atoms with E-state index >= 15 is 0 Å². The van der Waals surface area contributed by atoms with Gasteiger partial charge in [0.15, 0.2) is 4.32 Å². The van der Waals surface area contributed by atoms with Crippen molar-refractivity contribution >= 4 is 51.9 Å². The number of thioether (sulfide) groups is 1. The Hall–Kier alpha value is -3.36. The van der Waals surface area contributed by atoms with Crippen LogP contribution in [-0.2, 0) is 4.79 Å². The fourth-order valence-electron chi connectivity index (χ4n) is 2.91. The third-order valence-electron chi connectivity index (χ3n) is 4.44. The molecule has 0 radical (unpaired) electrons. The van der Waals surface area contributed by atoms with Crippen molar-refractivity contribution < 1.29 is 23.8 Å². The largest absolute Gasteiger partial charge is 0.497 e. The standard InChI is InChI=1S/C22H15NO5S2/c1-27-16-8-6-15(7-9-16)23-20(24)19(30-22(23)29)12-17-10-11-18(28-17)13-2-4-14(5-3-13)21(25)26/h2-12H,1H3,(H,25,26)/b19-12-. The SMILES string of the molecule is COc1ccc(N2C(=O)/C(=C/c3ccc(-c4ccc(C(=O)O)cc4)o3)SC2=S)cc1. The second-order valence-corrected chi connectivity index (χ2v) is 7.98. The van der Waals surface area contributed by atoms with Gasteiger partial charge in [0, 0.05) is 11.6 Å². The smallest absolute Gasteiger partial charge is 0.335 e. The summed E-state index contributed by atoms with van der Waals surface area (Å²) >= 11 is 6.59. The fourth-order valence-corrected chi connectivity index (χ4v) is 4.19. The van der Waals surface area contributed by atoms with Gasteiger partial charge in [-0.15, -0.1) is 0 Å². The maximum Gasteiger partial charge on any atom is 0.335 e. The number of ether oxygens (including phenoxy) is 1. The number of carbonyl (C=O) groups excluding carboxylic acids is 1. The lowest BCUT2D eigenvalue weighted by atomic mass is 10.1. The first kappa shape index (κ1) is 19.9. The van der Waals surface area contributed by atoms with Gasteiger partial charge >= 0.3 is 5.97 Å². The van der Waals surface area contributed by atoms with Gasteiger partial charge in [0.25, 0.3) is 5.91 Å². The molecule has 0 atom stereocenters. The minimum atomic E-state index is -0.986. The monoisotopic (exact) mass is 437 g/mol. The average molecular weight is 437 g/mol. The zero-order chi connectivity index (χ0) is 21.3. The molecule has 1 amide bonds. The maximum atomic E-state index is 12.9. The van der Waals surface area contributed by atoms with Crippen molar-refractivity contribution in [2.45, 2.75) is 0 Å². The minimum absolute atomic E-state index is 0.202. The Labute approximate surface area is 181 Å². The Morgan fingerprint density at radius 1 is 1.10 bits per heavy atom. The average Bonchev–Trinajstić information content (AvgIpc) is 3.33. The fraction of sp³-hybridized carbons (Fsp3) is 0.0455. The molecular formula is C22H15NO5S2. The summed E-state index contributed by atoms with van der Waals surface area (Å²) in [5.74, 6) is 0.560. The third-order valence-corrected chi connectivity index (χ3v) is 5.74. The van der Waals surface area contributed by atoms with Crippen molar-refractivity contribution in [1.82, 2.24) is 0 Å². The van der Waals surface area contributed by atoms with E-state index in [-0.39, 0.29) is 11.5 Å². The molecular weight excluding hydrogens is 422 g/mol. The highest BCUT2D eigenvalue weighted by molar-refractivity contribution is 8.27. The van der Waals surface area contributed by atoms with Gasteiger partial charge < -0.3 is 14.3 Å².